The summed E-state index contributed by atoms with van der Waals surface area (Å²) in [6, 6.07) is 0. The van der Waals surface area contributed by atoms with Crippen molar-refractivity contribution in [2.24, 2.45) is 0 Å². The van der Waals surface area contributed by atoms with Crippen LogP contribution in [0.2, 0.25) is 0 Å². The summed E-state index contributed by atoms with van der Waals surface area (Å²) >= 11 is 0. The zero-order chi connectivity index (χ0) is 12.3. The lowest BCUT2D eigenvalue weighted by atomic mass is 10.1. The standard InChI is InChI=1S/C12H17NO3/c1-5-9-7(3)8(4)13-10(9)11(14)12(15)16-6-2/h13H,5-6H2,1-4H3. The minimum atomic E-state index is -0.793. The predicted octanol–water partition coefficient (Wildman–Crippen LogP) is 1.94. The minimum Gasteiger partial charge on any atom is -0.460 e. The first-order chi connectivity index (χ1) is 7.52. The average Bonchev–Trinajstić information content (AvgIpc) is 2.54. The molecule has 1 aromatic rings. The maximum absolute atomic E-state index is 11.8. The Hall–Kier alpha value is -1.58. The highest BCUT2D eigenvalue weighted by Crippen LogP contribution is 2.19. The first-order valence-corrected chi connectivity index (χ1v) is 5.42. The van der Waals surface area contributed by atoms with E-state index >= 15 is 0 Å². The lowest BCUT2D eigenvalue weighted by Gasteiger charge is -2.01. The Labute approximate surface area is 95.0 Å². The third-order valence-electron chi connectivity index (χ3n) is 2.67. The molecule has 1 rings (SSSR count). The van der Waals surface area contributed by atoms with Crippen molar-refractivity contribution in [1.82, 2.24) is 4.98 Å². The summed E-state index contributed by atoms with van der Waals surface area (Å²) in [5.74, 6) is -1.38. The summed E-state index contributed by atoms with van der Waals surface area (Å²) in [6.45, 7) is 7.67. The number of aromatic nitrogens is 1. The van der Waals surface area contributed by atoms with Crippen LogP contribution in [-0.4, -0.2) is 23.3 Å². The van der Waals surface area contributed by atoms with Gasteiger partial charge in [-0.25, -0.2) is 4.79 Å². The van der Waals surface area contributed by atoms with Crippen LogP contribution < -0.4 is 0 Å². The number of carbonyl (C=O) groups is 2. The summed E-state index contributed by atoms with van der Waals surface area (Å²) in [5, 5.41) is 0. The number of nitrogens with one attached hydrogen (secondary N) is 1. The number of Topliss-reactive ketones (excluding diaryl/α,β-unsaturated/α-hetero) is 1. The fraction of sp³-hybridized carbons (Fsp3) is 0.500. The molecular formula is C12H17NO3. The molecule has 4 nitrogen and oxygen atoms in total. The molecule has 16 heavy (non-hydrogen) atoms. The molecule has 0 aromatic carbocycles. The van der Waals surface area contributed by atoms with Crippen LogP contribution in [0.4, 0.5) is 0 Å². The molecular weight excluding hydrogens is 206 g/mol. The number of carbonyl (C=O) groups excluding carboxylic acids is 2. The van der Waals surface area contributed by atoms with E-state index in [2.05, 4.69) is 4.98 Å². The Kier molecular flexibility index (Phi) is 3.88. The summed E-state index contributed by atoms with van der Waals surface area (Å²) in [7, 11) is 0. The average molecular weight is 223 g/mol. The molecule has 0 amide bonds. The van der Waals surface area contributed by atoms with E-state index < -0.39 is 11.8 Å². The highest BCUT2D eigenvalue weighted by Gasteiger charge is 2.23. The van der Waals surface area contributed by atoms with Gasteiger partial charge in [-0.3, -0.25) is 4.79 Å². The van der Waals surface area contributed by atoms with E-state index in [-0.39, 0.29) is 6.61 Å². The van der Waals surface area contributed by atoms with Crippen molar-refractivity contribution in [3.63, 3.8) is 0 Å². The van der Waals surface area contributed by atoms with Gasteiger partial charge in [0.05, 0.1) is 12.3 Å². The number of esters is 1. The van der Waals surface area contributed by atoms with Crippen molar-refractivity contribution >= 4 is 11.8 Å². The van der Waals surface area contributed by atoms with E-state index in [0.29, 0.717) is 5.69 Å². The summed E-state index contributed by atoms with van der Waals surface area (Å²) < 4.78 is 4.70. The molecule has 0 saturated heterocycles. The van der Waals surface area contributed by atoms with E-state index in [0.717, 1.165) is 23.2 Å². The van der Waals surface area contributed by atoms with E-state index in [1.807, 2.05) is 20.8 Å². The zero-order valence-corrected chi connectivity index (χ0v) is 10.1. The number of aryl methyl sites for hydroxylation is 1. The van der Waals surface area contributed by atoms with Gasteiger partial charge in [-0.1, -0.05) is 6.92 Å². The molecule has 0 aliphatic carbocycles. The molecule has 0 spiro atoms. The first-order valence-electron chi connectivity index (χ1n) is 5.42. The van der Waals surface area contributed by atoms with Crippen molar-refractivity contribution in [2.45, 2.75) is 34.1 Å². The molecule has 0 aliphatic rings. The SMILES string of the molecule is CCOC(=O)C(=O)c1[nH]c(C)c(C)c1CC. The van der Waals surface area contributed by atoms with Gasteiger partial charge in [0.25, 0.3) is 5.78 Å². The Morgan fingerprint density at radius 2 is 1.88 bits per heavy atom. The van der Waals surface area contributed by atoms with Crippen LogP contribution >= 0.6 is 0 Å². The van der Waals surface area contributed by atoms with Crippen molar-refractivity contribution in [2.75, 3.05) is 6.61 Å². The molecule has 0 bridgehead atoms. The quantitative estimate of drug-likeness (QED) is 0.482. The number of aromatic amines is 1. The largest absolute Gasteiger partial charge is 0.460 e. The molecule has 0 unspecified atom stereocenters. The van der Waals surface area contributed by atoms with Crippen molar-refractivity contribution < 1.29 is 14.3 Å². The highest BCUT2D eigenvalue weighted by atomic mass is 16.5. The van der Waals surface area contributed by atoms with Crippen LogP contribution in [0, 0.1) is 13.8 Å². The van der Waals surface area contributed by atoms with Crippen LogP contribution in [0.25, 0.3) is 0 Å². The molecule has 0 aliphatic heterocycles. The summed E-state index contributed by atoms with van der Waals surface area (Å²) in [6.07, 6.45) is 0.719. The molecule has 0 atom stereocenters. The van der Waals surface area contributed by atoms with Gasteiger partial charge in [0.2, 0.25) is 0 Å². The third-order valence-corrected chi connectivity index (χ3v) is 2.67. The smallest absolute Gasteiger partial charge is 0.381 e. The fourth-order valence-corrected chi connectivity index (χ4v) is 1.70. The van der Waals surface area contributed by atoms with Crippen LogP contribution in [0.15, 0.2) is 0 Å². The molecule has 0 radical (unpaired) electrons. The Balaban J connectivity index is 3.08. The van der Waals surface area contributed by atoms with Crippen LogP contribution in [0.1, 0.15) is 41.2 Å². The van der Waals surface area contributed by atoms with Gasteiger partial charge in [0.15, 0.2) is 0 Å². The lowest BCUT2D eigenvalue weighted by Crippen LogP contribution is -2.19. The molecule has 1 aromatic heterocycles. The topological polar surface area (TPSA) is 59.2 Å². The molecule has 1 heterocycles. The van der Waals surface area contributed by atoms with Gasteiger partial charge in [-0.15, -0.1) is 0 Å². The number of H-pyrrole nitrogens is 1. The Bertz CT molecular complexity index is 418. The van der Waals surface area contributed by atoms with Crippen LogP contribution in [-0.2, 0) is 16.0 Å². The summed E-state index contributed by atoms with van der Waals surface area (Å²) in [4.78, 5) is 26.1. The van der Waals surface area contributed by atoms with Gasteiger partial charge >= 0.3 is 5.97 Å². The van der Waals surface area contributed by atoms with Gasteiger partial charge in [-0.2, -0.15) is 0 Å². The minimum absolute atomic E-state index is 0.213. The van der Waals surface area contributed by atoms with E-state index in [1.165, 1.54) is 0 Å². The van der Waals surface area contributed by atoms with Gasteiger partial charge in [0.1, 0.15) is 0 Å². The summed E-state index contributed by atoms with van der Waals surface area (Å²) in [5.41, 5.74) is 3.23. The van der Waals surface area contributed by atoms with Gasteiger partial charge in [0, 0.05) is 5.69 Å². The van der Waals surface area contributed by atoms with Gasteiger partial charge in [-0.05, 0) is 38.3 Å². The van der Waals surface area contributed by atoms with E-state index in [4.69, 9.17) is 4.74 Å². The monoisotopic (exact) mass is 223 g/mol. The van der Waals surface area contributed by atoms with Gasteiger partial charge < -0.3 is 9.72 Å². The molecule has 0 saturated carbocycles. The van der Waals surface area contributed by atoms with Crippen molar-refractivity contribution in [3.8, 4) is 0 Å². The number of hydrogen-bond acceptors (Lipinski definition) is 3. The molecule has 88 valence electrons. The second-order valence-electron chi connectivity index (χ2n) is 3.63. The molecule has 4 heteroatoms. The Morgan fingerprint density at radius 3 is 2.38 bits per heavy atom. The lowest BCUT2D eigenvalue weighted by molar-refractivity contribution is -0.137. The van der Waals surface area contributed by atoms with Crippen LogP contribution in [0.3, 0.4) is 0 Å². The zero-order valence-electron chi connectivity index (χ0n) is 10.1. The fourth-order valence-electron chi connectivity index (χ4n) is 1.70. The maximum Gasteiger partial charge on any atom is 0.381 e. The molecule has 0 fully saturated rings. The second-order valence-corrected chi connectivity index (χ2v) is 3.63. The van der Waals surface area contributed by atoms with Crippen molar-refractivity contribution in [1.29, 1.82) is 0 Å². The number of ketones is 1. The normalized spacial score (nSPS) is 10.2. The van der Waals surface area contributed by atoms with E-state index in [9.17, 15) is 9.59 Å². The maximum atomic E-state index is 11.8. The molecule has 1 N–H and O–H groups in total. The number of hydrogen-bond donors (Lipinski definition) is 1. The predicted molar refractivity (Wildman–Crippen MR) is 60.6 cm³/mol. The van der Waals surface area contributed by atoms with Crippen molar-refractivity contribution in [3.05, 3.63) is 22.5 Å². The second kappa shape index (κ2) is 4.96. The number of ether oxygens (including phenoxy) is 1. The first kappa shape index (κ1) is 12.5. The highest BCUT2D eigenvalue weighted by molar-refractivity contribution is 6.40. The number of rotatable bonds is 4. The third kappa shape index (κ3) is 2.15. The van der Waals surface area contributed by atoms with E-state index in [1.54, 1.807) is 6.92 Å². The van der Waals surface area contributed by atoms with Crippen LogP contribution in [0.5, 0.6) is 0 Å². The Morgan fingerprint density at radius 1 is 1.25 bits per heavy atom.